The molecule has 6 heteroatoms. The third-order valence-corrected chi connectivity index (χ3v) is 3.59. The molecule has 0 spiro atoms. The van der Waals surface area contributed by atoms with Gasteiger partial charge < -0.3 is 19.9 Å². The zero-order valence-electron chi connectivity index (χ0n) is 12.3. The number of aliphatic carboxylic acids is 1. The second-order valence-corrected chi connectivity index (χ2v) is 5.20. The smallest absolute Gasteiger partial charge is 0.334 e. The number of carboxylic acids is 1. The highest BCUT2D eigenvalue weighted by molar-refractivity contribution is 5.81. The molecule has 0 saturated heterocycles. The molecule has 0 aromatic carbocycles. The van der Waals surface area contributed by atoms with Crippen molar-refractivity contribution in [2.45, 2.75) is 63.8 Å². The standard InChI is InChI=1S/C14H25NO5/c1-10(20-11-7-5-3-4-6-8-11)13(16)15-9-12(19-2)14(17)18/h10-12H,3-9H2,1-2H3,(H,15,16)(H,17,18). The van der Waals surface area contributed by atoms with Gasteiger partial charge in [-0.05, 0) is 19.8 Å². The Labute approximate surface area is 119 Å². The molecule has 0 aliphatic heterocycles. The molecule has 2 N–H and O–H groups in total. The summed E-state index contributed by atoms with van der Waals surface area (Å²) in [5, 5.41) is 11.4. The molecular formula is C14H25NO5. The van der Waals surface area contributed by atoms with Gasteiger partial charge >= 0.3 is 5.97 Å². The summed E-state index contributed by atoms with van der Waals surface area (Å²) in [6, 6.07) is 0. The molecule has 0 aromatic rings. The number of carboxylic acid groups (broad SMARTS) is 1. The Morgan fingerprint density at radius 2 is 1.85 bits per heavy atom. The average molecular weight is 287 g/mol. The number of rotatable bonds is 7. The molecule has 20 heavy (non-hydrogen) atoms. The van der Waals surface area contributed by atoms with Crippen molar-refractivity contribution in [3.8, 4) is 0 Å². The summed E-state index contributed by atoms with van der Waals surface area (Å²) in [5.41, 5.74) is 0. The minimum absolute atomic E-state index is 0.0525. The number of methoxy groups -OCH3 is 1. The van der Waals surface area contributed by atoms with Crippen molar-refractivity contribution in [2.24, 2.45) is 0 Å². The number of hydrogen-bond donors (Lipinski definition) is 2. The van der Waals surface area contributed by atoms with Gasteiger partial charge in [-0.2, -0.15) is 0 Å². The highest BCUT2D eigenvalue weighted by Crippen LogP contribution is 2.20. The molecule has 0 aromatic heterocycles. The predicted octanol–water partition coefficient (Wildman–Crippen LogP) is 1.33. The normalized spacial score (nSPS) is 19.9. The molecule has 6 nitrogen and oxygen atoms in total. The van der Waals surface area contributed by atoms with Crippen molar-refractivity contribution in [2.75, 3.05) is 13.7 Å². The van der Waals surface area contributed by atoms with Gasteiger partial charge in [-0.15, -0.1) is 0 Å². The fraction of sp³-hybridized carbons (Fsp3) is 0.857. The van der Waals surface area contributed by atoms with Gasteiger partial charge in [0.1, 0.15) is 6.10 Å². The Kier molecular flexibility index (Phi) is 7.54. The van der Waals surface area contributed by atoms with Gasteiger partial charge in [0.2, 0.25) is 5.91 Å². The van der Waals surface area contributed by atoms with Crippen LogP contribution in [0.4, 0.5) is 0 Å². The summed E-state index contributed by atoms with van der Waals surface area (Å²) in [6.45, 7) is 1.64. The maximum Gasteiger partial charge on any atom is 0.334 e. The molecule has 0 heterocycles. The Bertz CT molecular complexity index is 313. The topological polar surface area (TPSA) is 84.9 Å². The quantitative estimate of drug-likeness (QED) is 0.690. The summed E-state index contributed by atoms with van der Waals surface area (Å²) in [5.74, 6) is -1.39. The minimum atomic E-state index is -1.09. The zero-order valence-corrected chi connectivity index (χ0v) is 12.3. The third kappa shape index (κ3) is 5.88. The number of ether oxygens (including phenoxy) is 2. The predicted molar refractivity (Wildman–Crippen MR) is 73.5 cm³/mol. The SMILES string of the molecule is COC(CNC(=O)C(C)OC1CCCCCC1)C(=O)O. The van der Waals surface area contributed by atoms with E-state index in [4.69, 9.17) is 14.6 Å². The summed E-state index contributed by atoms with van der Waals surface area (Å²) in [6.07, 6.45) is 5.28. The summed E-state index contributed by atoms with van der Waals surface area (Å²) in [7, 11) is 1.30. The van der Waals surface area contributed by atoms with Crippen LogP contribution >= 0.6 is 0 Å². The van der Waals surface area contributed by atoms with Gasteiger partial charge in [0, 0.05) is 7.11 Å². The number of carbonyl (C=O) groups is 2. The number of hydrogen-bond acceptors (Lipinski definition) is 4. The van der Waals surface area contributed by atoms with Crippen LogP contribution in [0.2, 0.25) is 0 Å². The van der Waals surface area contributed by atoms with E-state index < -0.39 is 18.2 Å². The molecule has 0 radical (unpaired) electrons. The van der Waals surface area contributed by atoms with E-state index in [2.05, 4.69) is 5.32 Å². The minimum Gasteiger partial charge on any atom is -0.479 e. The van der Waals surface area contributed by atoms with Crippen molar-refractivity contribution in [3.63, 3.8) is 0 Å². The van der Waals surface area contributed by atoms with Gasteiger partial charge in [0.15, 0.2) is 6.10 Å². The van der Waals surface area contributed by atoms with Crippen LogP contribution in [0.15, 0.2) is 0 Å². The van der Waals surface area contributed by atoms with Crippen LogP contribution in [-0.2, 0) is 19.1 Å². The van der Waals surface area contributed by atoms with Crippen LogP contribution in [-0.4, -0.2) is 48.9 Å². The summed E-state index contributed by atoms with van der Waals surface area (Å²) >= 11 is 0. The first kappa shape index (κ1) is 16.9. The molecular weight excluding hydrogens is 262 g/mol. The lowest BCUT2D eigenvalue weighted by Gasteiger charge is -2.21. The van der Waals surface area contributed by atoms with Gasteiger partial charge in [-0.3, -0.25) is 4.79 Å². The largest absolute Gasteiger partial charge is 0.479 e. The van der Waals surface area contributed by atoms with E-state index in [1.54, 1.807) is 6.92 Å². The maximum absolute atomic E-state index is 11.9. The Balaban J connectivity index is 2.32. The fourth-order valence-electron chi connectivity index (χ4n) is 2.34. The van der Waals surface area contributed by atoms with Crippen LogP contribution in [0, 0.1) is 0 Å². The highest BCUT2D eigenvalue weighted by atomic mass is 16.5. The first-order chi connectivity index (χ1) is 9.54. The van der Waals surface area contributed by atoms with E-state index in [1.165, 1.54) is 20.0 Å². The van der Waals surface area contributed by atoms with Crippen LogP contribution in [0.3, 0.4) is 0 Å². The van der Waals surface area contributed by atoms with Gasteiger partial charge in [0.25, 0.3) is 0 Å². The van der Waals surface area contributed by atoms with Crippen LogP contribution in [0.5, 0.6) is 0 Å². The van der Waals surface area contributed by atoms with E-state index in [0.717, 1.165) is 25.7 Å². The van der Waals surface area contributed by atoms with Crippen molar-refractivity contribution in [3.05, 3.63) is 0 Å². The van der Waals surface area contributed by atoms with Crippen LogP contribution in [0.1, 0.15) is 45.4 Å². The lowest BCUT2D eigenvalue weighted by atomic mass is 10.1. The van der Waals surface area contributed by atoms with Crippen molar-refractivity contribution in [1.29, 1.82) is 0 Å². The van der Waals surface area contributed by atoms with Crippen molar-refractivity contribution < 1.29 is 24.2 Å². The monoisotopic (exact) mass is 287 g/mol. The number of amides is 1. The lowest BCUT2D eigenvalue weighted by Crippen LogP contribution is -2.43. The molecule has 2 unspecified atom stereocenters. The molecule has 1 rings (SSSR count). The molecule has 0 bridgehead atoms. The van der Waals surface area contributed by atoms with E-state index in [1.807, 2.05) is 0 Å². The summed E-state index contributed by atoms with van der Waals surface area (Å²) in [4.78, 5) is 22.6. The first-order valence-electron chi connectivity index (χ1n) is 7.23. The Hall–Kier alpha value is -1.14. The fourth-order valence-corrected chi connectivity index (χ4v) is 2.34. The molecule has 1 saturated carbocycles. The second-order valence-electron chi connectivity index (χ2n) is 5.20. The highest BCUT2D eigenvalue weighted by Gasteiger charge is 2.22. The van der Waals surface area contributed by atoms with E-state index in [0.29, 0.717) is 0 Å². The lowest BCUT2D eigenvalue weighted by molar-refractivity contribution is -0.149. The van der Waals surface area contributed by atoms with E-state index in [-0.39, 0.29) is 18.6 Å². The first-order valence-corrected chi connectivity index (χ1v) is 7.23. The van der Waals surface area contributed by atoms with Crippen LogP contribution < -0.4 is 5.32 Å². The van der Waals surface area contributed by atoms with Crippen molar-refractivity contribution in [1.82, 2.24) is 5.32 Å². The van der Waals surface area contributed by atoms with Gasteiger partial charge in [-0.25, -0.2) is 4.79 Å². The third-order valence-electron chi connectivity index (χ3n) is 3.59. The van der Waals surface area contributed by atoms with Gasteiger partial charge in [0.05, 0.1) is 12.6 Å². The number of nitrogens with one attached hydrogen (secondary N) is 1. The maximum atomic E-state index is 11.9. The molecule has 1 aliphatic carbocycles. The number of carbonyl (C=O) groups excluding carboxylic acids is 1. The zero-order chi connectivity index (χ0) is 15.0. The molecule has 1 amide bonds. The Morgan fingerprint density at radius 3 is 2.35 bits per heavy atom. The van der Waals surface area contributed by atoms with Gasteiger partial charge in [-0.1, -0.05) is 25.7 Å². The van der Waals surface area contributed by atoms with E-state index in [9.17, 15) is 9.59 Å². The Morgan fingerprint density at radius 1 is 1.25 bits per heavy atom. The summed E-state index contributed by atoms with van der Waals surface area (Å²) < 4.78 is 10.5. The molecule has 1 fully saturated rings. The molecule has 2 atom stereocenters. The average Bonchev–Trinajstić information content (AvgIpc) is 2.67. The molecule has 1 aliphatic rings. The van der Waals surface area contributed by atoms with Crippen molar-refractivity contribution >= 4 is 11.9 Å². The van der Waals surface area contributed by atoms with E-state index >= 15 is 0 Å². The second kappa shape index (κ2) is 8.92. The molecule has 116 valence electrons. The van der Waals surface area contributed by atoms with Crippen LogP contribution in [0.25, 0.3) is 0 Å².